The van der Waals surface area contributed by atoms with Crippen molar-refractivity contribution in [3.63, 3.8) is 0 Å². The van der Waals surface area contributed by atoms with E-state index in [0.29, 0.717) is 19.4 Å². The highest BCUT2D eigenvalue weighted by atomic mass is 16.4. The van der Waals surface area contributed by atoms with Gasteiger partial charge in [-0.3, -0.25) is 4.79 Å². The Kier molecular flexibility index (Phi) is 1.83. The third kappa shape index (κ3) is 1.68. The van der Waals surface area contributed by atoms with Crippen LogP contribution in [0.1, 0.15) is 12.8 Å². The molecule has 0 aliphatic carbocycles. The zero-order valence-electron chi connectivity index (χ0n) is 6.54. The van der Waals surface area contributed by atoms with Crippen LogP contribution in [0.25, 0.3) is 0 Å². The number of aliphatic carboxylic acids is 1. The molecule has 10 heavy (non-hydrogen) atoms. The number of carboxylic acid groups (broad SMARTS) is 1. The van der Waals surface area contributed by atoms with Crippen molar-refractivity contribution in [3.8, 4) is 0 Å². The molecule has 4 heteroatoms. The van der Waals surface area contributed by atoms with Crippen molar-refractivity contribution in [2.24, 2.45) is 0 Å². The lowest BCUT2D eigenvalue weighted by Crippen LogP contribution is -2.45. The van der Waals surface area contributed by atoms with Crippen molar-refractivity contribution >= 4 is 5.97 Å². The molecular formula is C6H11NO3. The summed E-state index contributed by atoms with van der Waals surface area (Å²) in [6, 6.07) is -0.543. The Morgan fingerprint density at radius 1 is 1.80 bits per heavy atom. The van der Waals surface area contributed by atoms with E-state index >= 15 is 0 Å². The van der Waals surface area contributed by atoms with Gasteiger partial charge in [-0.2, -0.15) is 0 Å². The zero-order valence-corrected chi connectivity index (χ0v) is 5.54. The van der Waals surface area contributed by atoms with E-state index in [9.17, 15) is 4.79 Å². The van der Waals surface area contributed by atoms with E-state index in [4.69, 9.17) is 6.54 Å². The van der Waals surface area contributed by atoms with Gasteiger partial charge >= 0.3 is 5.97 Å². The second-order valence-electron chi connectivity index (χ2n) is 2.49. The molecule has 0 unspecified atom stereocenters. The summed E-state index contributed by atoms with van der Waals surface area (Å²) in [5.74, 6) is -0.869. The van der Waals surface area contributed by atoms with Gasteiger partial charge in [-0.25, -0.2) is 0 Å². The van der Waals surface area contributed by atoms with Gasteiger partial charge in [-0.05, 0) is 19.4 Å². The molecule has 0 bridgehead atoms. The first-order valence-electron chi connectivity index (χ1n) is 3.73. The van der Waals surface area contributed by atoms with Gasteiger partial charge in [-0.1, -0.05) is 0 Å². The minimum absolute atomic E-state index is 0.225. The van der Waals surface area contributed by atoms with Gasteiger partial charge in [0, 0.05) is 0 Å². The first-order valence-corrected chi connectivity index (χ1v) is 3.32. The summed E-state index contributed by atoms with van der Waals surface area (Å²) in [6.45, 7) is 0.612. The summed E-state index contributed by atoms with van der Waals surface area (Å²) < 4.78 is 6.61. The molecule has 1 rings (SSSR count). The number of hydrogen-bond donors (Lipinski definition) is 3. The maximum atomic E-state index is 10.4. The van der Waals surface area contributed by atoms with E-state index < -0.39 is 12.0 Å². The van der Waals surface area contributed by atoms with E-state index in [1.807, 2.05) is 0 Å². The molecular weight excluding hydrogens is 134 g/mol. The number of aliphatic hydroxyl groups excluding tert-OH is 1. The van der Waals surface area contributed by atoms with Crippen LogP contribution in [0.15, 0.2) is 0 Å². The molecule has 58 valence electrons. The van der Waals surface area contributed by atoms with Crippen LogP contribution in [0.2, 0.25) is 0 Å². The summed E-state index contributed by atoms with van der Waals surface area (Å²) in [4.78, 5) is 10.4. The molecule has 1 fully saturated rings. The zero-order chi connectivity index (χ0) is 8.27. The standard InChI is InChI=1S/C6H11NO3/c8-4-1-2-7-5(3-4)6(9)10/h4-5,7-8H,1-3H2,(H,9,10)/t4-,5-/m1/s1/i8D. The van der Waals surface area contributed by atoms with E-state index in [0.717, 1.165) is 0 Å². The van der Waals surface area contributed by atoms with Crippen molar-refractivity contribution < 1.29 is 15.0 Å². The number of rotatable bonds is 2. The first-order chi connectivity index (χ1) is 5.24. The topological polar surface area (TPSA) is 69.6 Å². The van der Waals surface area contributed by atoms with E-state index in [-0.39, 0.29) is 6.10 Å². The molecule has 0 saturated carbocycles. The monoisotopic (exact) mass is 146 g/mol. The van der Waals surface area contributed by atoms with E-state index in [1.54, 1.807) is 0 Å². The summed E-state index contributed by atoms with van der Waals surface area (Å²) >= 11 is 0. The molecule has 1 aliphatic rings. The molecule has 0 amide bonds. The largest absolute Gasteiger partial charge is 0.480 e. The molecule has 0 aromatic rings. The third-order valence-corrected chi connectivity index (χ3v) is 1.65. The van der Waals surface area contributed by atoms with Crippen LogP contribution in [0.4, 0.5) is 0 Å². The quantitative estimate of drug-likeness (QED) is 0.476. The van der Waals surface area contributed by atoms with Gasteiger partial charge in [0.1, 0.15) is 6.04 Å². The van der Waals surface area contributed by atoms with Crippen LogP contribution < -0.4 is 5.32 Å². The van der Waals surface area contributed by atoms with Gasteiger partial charge in [-0.15, -0.1) is 0 Å². The fraction of sp³-hybridized carbons (Fsp3) is 0.833. The molecule has 2 atom stereocenters. The number of carboxylic acids is 1. The van der Waals surface area contributed by atoms with Gasteiger partial charge in [0.2, 0.25) is 1.43 Å². The van der Waals surface area contributed by atoms with Crippen molar-refractivity contribution in [1.29, 1.82) is 1.43 Å². The minimum Gasteiger partial charge on any atom is -0.480 e. The molecule has 0 aromatic carbocycles. The van der Waals surface area contributed by atoms with Crippen LogP contribution in [0.5, 0.6) is 0 Å². The number of hydrogen-bond acceptors (Lipinski definition) is 3. The summed E-state index contributed by atoms with van der Waals surface area (Å²) in [6.07, 6.45) is 0.879. The Bertz CT molecular complexity index is 153. The number of nitrogens with one attached hydrogen (secondary N) is 1. The van der Waals surface area contributed by atoms with Gasteiger partial charge in [0.25, 0.3) is 0 Å². The molecule has 1 heterocycles. The first kappa shape index (κ1) is 6.12. The lowest BCUT2D eigenvalue weighted by molar-refractivity contribution is -0.141. The predicted octanol–water partition coefficient (Wildman–Crippen LogP) is -0.816. The highest BCUT2D eigenvalue weighted by molar-refractivity contribution is 5.73. The fourth-order valence-electron chi connectivity index (χ4n) is 1.07. The molecule has 1 saturated heterocycles. The molecule has 4 nitrogen and oxygen atoms in total. The fourth-order valence-corrected chi connectivity index (χ4v) is 1.07. The summed E-state index contributed by atoms with van der Waals surface area (Å²) in [7, 11) is 0. The second-order valence-corrected chi connectivity index (χ2v) is 2.49. The normalized spacial score (nSPS) is 35.0. The number of aliphatic hydroxyl groups is 1. The van der Waals surface area contributed by atoms with Crippen LogP contribution in [0, 0.1) is 0 Å². The van der Waals surface area contributed by atoms with Crippen molar-refractivity contribution in [2.45, 2.75) is 25.0 Å². The van der Waals surface area contributed by atoms with Crippen LogP contribution >= 0.6 is 0 Å². The van der Waals surface area contributed by atoms with Crippen molar-refractivity contribution in [2.75, 3.05) is 6.54 Å². The second kappa shape index (κ2) is 2.98. The predicted molar refractivity (Wildman–Crippen MR) is 34.7 cm³/mol. The average molecular weight is 146 g/mol. The van der Waals surface area contributed by atoms with Crippen molar-refractivity contribution in [1.82, 2.24) is 5.32 Å². The minimum atomic E-state index is -0.869. The summed E-state index contributed by atoms with van der Waals surface area (Å²) in [5.41, 5.74) is 0. The maximum Gasteiger partial charge on any atom is 0.320 e. The molecule has 0 spiro atoms. The Morgan fingerprint density at radius 2 is 2.60 bits per heavy atom. The SMILES string of the molecule is [2H]O[C@@H]1CCN[C@@H](C(=O)O)C1. The third-order valence-electron chi connectivity index (χ3n) is 1.65. The van der Waals surface area contributed by atoms with Gasteiger partial charge < -0.3 is 15.5 Å². The molecule has 0 aromatic heterocycles. The van der Waals surface area contributed by atoms with E-state index in [2.05, 4.69) is 10.4 Å². The van der Waals surface area contributed by atoms with Gasteiger partial charge in [0.05, 0.1) is 6.10 Å². The molecule has 3 N–H and O–H groups in total. The van der Waals surface area contributed by atoms with Crippen LogP contribution in [0.3, 0.4) is 0 Å². The highest BCUT2D eigenvalue weighted by Gasteiger charge is 2.24. The Hall–Kier alpha value is -0.610. The van der Waals surface area contributed by atoms with Crippen LogP contribution in [-0.4, -0.2) is 36.3 Å². The average Bonchev–Trinajstić information content (AvgIpc) is 2.05. The lowest BCUT2D eigenvalue weighted by Gasteiger charge is -2.23. The number of piperidine rings is 1. The van der Waals surface area contributed by atoms with Gasteiger partial charge in [0.15, 0.2) is 0 Å². The molecule has 1 aliphatic heterocycles. The Labute approximate surface area is 60.3 Å². The Balaban J connectivity index is 2.39. The summed E-state index contributed by atoms with van der Waals surface area (Å²) in [5, 5.41) is 15.7. The Morgan fingerprint density at radius 3 is 3.20 bits per heavy atom. The molecule has 0 radical (unpaired) electrons. The van der Waals surface area contributed by atoms with Crippen molar-refractivity contribution in [3.05, 3.63) is 0 Å². The smallest absolute Gasteiger partial charge is 0.320 e. The maximum absolute atomic E-state index is 10.4. The van der Waals surface area contributed by atoms with E-state index in [1.165, 1.54) is 0 Å². The lowest BCUT2D eigenvalue weighted by atomic mass is 10.0. The number of carbonyl (C=O) groups is 1. The van der Waals surface area contributed by atoms with Crippen LogP contribution in [-0.2, 0) is 4.79 Å². The highest BCUT2D eigenvalue weighted by Crippen LogP contribution is 2.07.